The summed E-state index contributed by atoms with van der Waals surface area (Å²) in [4.78, 5) is 41.0. The molecule has 0 spiro atoms. The lowest BCUT2D eigenvalue weighted by molar-refractivity contribution is -0.130. The van der Waals surface area contributed by atoms with E-state index in [1.165, 1.54) is 4.90 Å². The first-order chi connectivity index (χ1) is 14.5. The molecular formula is C24H21N3O3. The van der Waals surface area contributed by atoms with Gasteiger partial charge in [-0.25, -0.2) is 0 Å². The second kappa shape index (κ2) is 8.21. The number of carbonyl (C=O) groups is 3. The molecule has 1 heterocycles. The number of hydrogen-bond donors (Lipinski definition) is 2. The molecule has 3 aromatic carbocycles. The predicted molar refractivity (Wildman–Crippen MR) is 115 cm³/mol. The van der Waals surface area contributed by atoms with Crippen LogP contribution in [0.4, 0.5) is 11.4 Å². The third-order valence-corrected chi connectivity index (χ3v) is 5.08. The van der Waals surface area contributed by atoms with Gasteiger partial charge in [-0.2, -0.15) is 0 Å². The molecule has 1 unspecified atom stereocenters. The number of hydrogen-bond acceptors (Lipinski definition) is 3. The van der Waals surface area contributed by atoms with Crippen LogP contribution in [0.5, 0.6) is 0 Å². The smallest absolute Gasteiger partial charge is 0.257 e. The Labute approximate surface area is 174 Å². The van der Waals surface area contributed by atoms with Gasteiger partial charge in [0.1, 0.15) is 0 Å². The molecule has 0 saturated carbocycles. The van der Waals surface area contributed by atoms with Crippen molar-refractivity contribution in [1.29, 1.82) is 0 Å². The fourth-order valence-electron chi connectivity index (χ4n) is 3.51. The van der Waals surface area contributed by atoms with Gasteiger partial charge >= 0.3 is 0 Å². The number of anilines is 2. The van der Waals surface area contributed by atoms with Crippen LogP contribution in [0.15, 0.2) is 78.9 Å². The summed E-state index contributed by atoms with van der Waals surface area (Å²) in [5.41, 5.74) is 3.05. The number of para-hydroxylation sites is 2. The zero-order valence-electron chi connectivity index (χ0n) is 16.5. The second-order valence-corrected chi connectivity index (χ2v) is 7.16. The molecular weight excluding hydrogens is 378 g/mol. The van der Waals surface area contributed by atoms with E-state index in [1.807, 2.05) is 49.4 Å². The molecule has 4 rings (SSSR count). The fraction of sp³-hybridized carbons (Fsp3) is 0.125. The number of fused-ring (bicyclic) bond motifs is 1. The molecule has 1 atom stereocenters. The lowest BCUT2D eigenvalue weighted by atomic mass is 10.1. The highest BCUT2D eigenvalue weighted by Gasteiger charge is 2.40. The number of nitrogens with one attached hydrogen (secondary N) is 2. The van der Waals surface area contributed by atoms with Crippen molar-refractivity contribution in [3.8, 4) is 0 Å². The van der Waals surface area contributed by atoms with Crippen LogP contribution >= 0.6 is 0 Å². The van der Waals surface area contributed by atoms with Gasteiger partial charge in [0.2, 0.25) is 0 Å². The molecule has 0 saturated heterocycles. The van der Waals surface area contributed by atoms with Crippen molar-refractivity contribution in [3.63, 3.8) is 0 Å². The minimum Gasteiger partial charge on any atom is -0.324 e. The van der Waals surface area contributed by atoms with Crippen LogP contribution in [0, 0.1) is 6.92 Å². The van der Waals surface area contributed by atoms with Crippen LogP contribution in [0.2, 0.25) is 0 Å². The minimum atomic E-state index is -1.32. The van der Waals surface area contributed by atoms with Gasteiger partial charge in [-0.1, -0.05) is 60.7 Å². The summed E-state index contributed by atoms with van der Waals surface area (Å²) in [6.07, 6.45) is 0. The van der Waals surface area contributed by atoms with E-state index >= 15 is 0 Å². The maximum absolute atomic E-state index is 13.4. The van der Waals surface area contributed by atoms with E-state index in [4.69, 9.17) is 0 Å². The first kappa shape index (κ1) is 19.4. The molecule has 0 aliphatic carbocycles. The number of rotatable bonds is 4. The van der Waals surface area contributed by atoms with Gasteiger partial charge in [0.15, 0.2) is 6.04 Å². The summed E-state index contributed by atoms with van der Waals surface area (Å²) in [5.74, 6) is -1.48. The van der Waals surface area contributed by atoms with Gasteiger partial charge in [-0.15, -0.1) is 0 Å². The van der Waals surface area contributed by atoms with Gasteiger partial charge in [-0.3, -0.25) is 14.4 Å². The first-order valence-corrected chi connectivity index (χ1v) is 9.66. The van der Waals surface area contributed by atoms with E-state index in [0.29, 0.717) is 16.9 Å². The van der Waals surface area contributed by atoms with E-state index in [1.54, 1.807) is 36.4 Å². The normalized spacial score (nSPS) is 15.8. The van der Waals surface area contributed by atoms with E-state index in [0.717, 1.165) is 11.1 Å². The quantitative estimate of drug-likeness (QED) is 0.658. The van der Waals surface area contributed by atoms with Crippen molar-refractivity contribution >= 4 is 29.1 Å². The molecule has 0 aromatic heterocycles. The lowest BCUT2D eigenvalue weighted by Gasteiger charge is -2.28. The lowest BCUT2D eigenvalue weighted by Crippen LogP contribution is -2.51. The highest BCUT2D eigenvalue weighted by molar-refractivity contribution is 6.20. The number of nitrogens with zero attached hydrogens (tertiary/aromatic N) is 1. The Hall–Kier alpha value is -3.93. The van der Waals surface area contributed by atoms with Gasteiger partial charge in [0.25, 0.3) is 17.7 Å². The van der Waals surface area contributed by atoms with Crippen LogP contribution < -0.4 is 10.6 Å². The monoisotopic (exact) mass is 399 g/mol. The summed E-state index contributed by atoms with van der Waals surface area (Å²) in [6.45, 7) is 2.00. The first-order valence-electron chi connectivity index (χ1n) is 9.66. The SMILES string of the molecule is Cc1ccccc1NC(=O)C1C(=O)Nc2ccccc2C(=O)N1Cc1ccccc1. The molecule has 150 valence electrons. The molecule has 1 aliphatic rings. The highest BCUT2D eigenvalue weighted by Crippen LogP contribution is 2.25. The summed E-state index contributed by atoms with van der Waals surface area (Å²) in [5, 5.41) is 5.55. The standard InChI is InChI=1S/C24H21N3O3/c1-16-9-5-7-13-19(16)25-22(28)21-23(29)26-20-14-8-6-12-18(20)24(30)27(21)15-17-10-3-2-4-11-17/h2-14,21H,15H2,1H3,(H,25,28)(H,26,29). The summed E-state index contributed by atoms with van der Waals surface area (Å²) in [6, 6.07) is 22.1. The Kier molecular flexibility index (Phi) is 5.30. The maximum Gasteiger partial charge on any atom is 0.257 e. The number of carbonyl (C=O) groups excluding carboxylic acids is 3. The van der Waals surface area contributed by atoms with Crippen LogP contribution in [0.3, 0.4) is 0 Å². The van der Waals surface area contributed by atoms with Crippen LogP contribution in [-0.2, 0) is 16.1 Å². The van der Waals surface area contributed by atoms with E-state index in [2.05, 4.69) is 10.6 Å². The molecule has 0 radical (unpaired) electrons. The number of benzene rings is 3. The second-order valence-electron chi connectivity index (χ2n) is 7.16. The third kappa shape index (κ3) is 3.80. The van der Waals surface area contributed by atoms with Crippen molar-refractivity contribution in [2.45, 2.75) is 19.5 Å². The van der Waals surface area contributed by atoms with Gasteiger partial charge in [0.05, 0.1) is 11.3 Å². The Morgan fingerprint density at radius 3 is 2.37 bits per heavy atom. The molecule has 0 bridgehead atoms. The molecule has 6 heteroatoms. The predicted octanol–water partition coefficient (Wildman–Crippen LogP) is 3.60. The van der Waals surface area contributed by atoms with Crippen molar-refractivity contribution in [1.82, 2.24) is 4.90 Å². The highest BCUT2D eigenvalue weighted by atomic mass is 16.2. The van der Waals surface area contributed by atoms with Gasteiger partial charge < -0.3 is 15.5 Å². The van der Waals surface area contributed by atoms with Crippen LogP contribution in [0.1, 0.15) is 21.5 Å². The Morgan fingerprint density at radius 1 is 0.933 bits per heavy atom. The van der Waals surface area contributed by atoms with Gasteiger partial charge in [0, 0.05) is 12.2 Å². The molecule has 2 N–H and O–H groups in total. The summed E-state index contributed by atoms with van der Waals surface area (Å²) in [7, 11) is 0. The molecule has 6 nitrogen and oxygen atoms in total. The van der Waals surface area contributed by atoms with E-state index in [-0.39, 0.29) is 12.5 Å². The molecule has 0 fully saturated rings. The van der Waals surface area contributed by atoms with Crippen molar-refractivity contribution in [2.75, 3.05) is 10.6 Å². The fourth-order valence-corrected chi connectivity index (χ4v) is 3.51. The Balaban J connectivity index is 1.73. The average molecular weight is 399 g/mol. The molecule has 30 heavy (non-hydrogen) atoms. The van der Waals surface area contributed by atoms with Crippen molar-refractivity contribution < 1.29 is 14.4 Å². The zero-order chi connectivity index (χ0) is 21.1. The number of aryl methyl sites for hydroxylation is 1. The van der Waals surface area contributed by atoms with E-state index < -0.39 is 17.9 Å². The molecule has 3 aromatic rings. The van der Waals surface area contributed by atoms with Crippen LogP contribution in [0.25, 0.3) is 0 Å². The maximum atomic E-state index is 13.4. The van der Waals surface area contributed by atoms with Gasteiger partial charge in [-0.05, 0) is 36.2 Å². The average Bonchev–Trinajstić information content (AvgIpc) is 2.85. The largest absolute Gasteiger partial charge is 0.324 e. The third-order valence-electron chi connectivity index (χ3n) is 5.08. The Morgan fingerprint density at radius 2 is 1.60 bits per heavy atom. The number of amides is 3. The molecule has 3 amide bonds. The summed E-state index contributed by atoms with van der Waals surface area (Å²) < 4.78 is 0. The zero-order valence-corrected chi connectivity index (χ0v) is 16.5. The minimum absolute atomic E-state index is 0.132. The van der Waals surface area contributed by atoms with Crippen molar-refractivity contribution in [2.24, 2.45) is 0 Å². The Bertz CT molecular complexity index is 1110. The van der Waals surface area contributed by atoms with Crippen LogP contribution in [-0.4, -0.2) is 28.7 Å². The summed E-state index contributed by atoms with van der Waals surface area (Å²) >= 11 is 0. The van der Waals surface area contributed by atoms with Crippen molar-refractivity contribution in [3.05, 3.63) is 95.6 Å². The topological polar surface area (TPSA) is 78.5 Å². The molecule has 1 aliphatic heterocycles. The van der Waals surface area contributed by atoms with E-state index in [9.17, 15) is 14.4 Å².